The minimum Gasteiger partial charge on any atom is -0.481 e. The molecule has 0 aromatic carbocycles. The van der Waals surface area contributed by atoms with Crippen LogP contribution in [0, 0.1) is 39.4 Å². The number of carbonyl (C=O) groups excluding carboxylic acids is 3. The Morgan fingerprint density at radius 3 is 2.06 bits per heavy atom. The van der Waals surface area contributed by atoms with Gasteiger partial charge in [0.15, 0.2) is 0 Å². The smallest absolute Gasteiger partial charge is 0.309 e. The molecule has 4 aliphatic carbocycles. The molecule has 0 aromatic rings. The first-order valence-electron chi connectivity index (χ1n) is 18.9. The fourth-order valence-electron chi connectivity index (χ4n) is 11.9. The molecular formula is C40H62O11. The van der Waals surface area contributed by atoms with Gasteiger partial charge in [0.1, 0.15) is 12.2 Å². The lowest BCUT2D eigenvalue weighted by atomic mass is 9.43. The maximum Gasteiger partial charge on any atom is 0.309 e. The summed E-state index contributed by atoms with van der Waals surface area (Å²) >= 11 is 0. The minimum absolute atomic E-state index is 0.00799. The molecule has 8 unspecified atom stereocenters. The zero-order valence-corrected chi connectivity index (χ0v) is 32.4. The van der Waals surface area contributed by atoms with Gasteiger partial charge in [0.25, 0.3) is 0 Å². The van der Waals surface area contributed by atoms with Gasteiger partial charge in [0.2, 0.25) is 6.29 Å². The molecule has 3 fully saturated rings. The van der Waals surface area contributed by atoms with Gasteiger partial charge in [-0.2, -0.15) is 0 Å². The third-order valence-electron chi connectivity index (χ3n) is 14.3. The molecule has 288 valence electrons. The highest BCUT2D eigenvalue weighted by Gasteiger charge is 2.66. The summed E-state index contributed by atoms with van der Waals surface area (Å²) in [5.41, 5.74) is -1.08. The maximum absolute atomic E-state index is 13.3. The van der Waals surface area contributed by atoms with Crippen molar-refractivity contribution in [3.63, 3.8) is 0 Å². The molecule has 1 heterocycles. The molecule has 51 heavy (non-hydrogen) atoms. The van der Waals surface area contributed by atoms with Gasteiger partial charge in [-0.3, -0.25) is 19.2 Å². The van der Waals surface area contributed by atoms with E-state index < -0.39 is 72.0 Å². The zero-order chi connectivity index (χ0) is 38.1. The van der Waals surface area contributed by atoms with Crippen LogP contribution in [0.25, 0.3) is 0 Å². The maximum atomic E-state index is 13.3. The van der Waals surface area contributed by atoms with Crippen molar-refractivity contribution in [3.8, 4) is 0 Å². The standard InChI is InChI=1S/C40H62O11/c1-22(41)48-33-28(50-32(45)21-37(7,47)20-31(43)44)19-38(8)26-16-18-39(9)25(15-17-40(39,10)27(26)12-13-29(38)35(33,3)4)24-11-14-30(36(5,6)46)51-34(24)49-23(2)42/h24-25,28-30,33-34,46-47H,11-21H2,1-10H3,(H,43,44)/t24?,25?,28?,29?,30?,33?,34?,37?,38-,39-,40+/m1/s1. The second-order valence-electron chi connectivity index (χ2n) is 18.7. The summed E-state index contributed by atoms with van der Waals surface area (Å²) in [6.45, 7) is 18.8. The molecule has 1 saturated heterocycles. The van der Waals surface area contributed by atoms with Crippen molar-refractivity contribution in [1.82, 2.24) is 0 Å². The van der Waals surface area contributed by atoms with E-state index in [1.165, 1.54) is 31.9 Å². The van der Waals surface area contributed by atoms with Crippen LogP contribution >= 0.6 is 0 Å². The summed E-state index contributed by atoms with van der Waals surface area (Å²) in [6, 6.07) is 0. The van der Waals surface area contributed by atoms with Gasteiger partial charge < -0.3 is 34.3 Å². The summed E-state index contributed by atoms with van der Waals surface area (Å²) in [4.78, 5) is 49.3. The van der Waals surface area contributed by atoms with Gasteiger partial charge in [-0.25, -0.2) is 0 Å². The highest BCUT2D eigenvalue weighted by Crippen LogP contribution is 2.73. The Balaban J connectivity index is 1.48. The number of carbonyl (C=O) groups is 4. The summed E-state index contributed by atoms with van der Waals surface area (Å²) in [5.74, 6) is -2.40. The molecule has 11 atom stereocenters. The van der Waals surface area contributed by atoms with Gasteiger partial charge in [-0.15, -0.1) is 0 Å². The van der Waals surface area contributed by atoms with Crippen LogP contribution in [0.3, 0.4) is 0 Å². The Labute approximate surface area is 303 Å². The van der Waals surface area contributed by atoms with Gasteiger partial charge >= 0.3 is 23.9 Å². The zero-order valence-electron chi connectivity index (χ0n) is 32.4. The first-order chi connectivity index (χ1) is 23.4. The Kier molecular flexibility index (Phi) is 10.4. The van der Waals surface area contributed by atoms with E-state index in [2.05, 4.69) is 34.6 Å². The Morgan fingerprint density at radius 1 is 0.824 bits per heavy atom. The van der Waals surface area contributed by atoms with Crippen LogP contribution in [-0.4, -0.2) is 75.0 Å². The monoisotopic (exact) mass is 718 g/mol. The number of fused-ring (bicyclic) bond motifs is 4. The molecule has 0 spiro atoms. The van der Waals surface area contributed by atoms with Crippen molar-refractivity contribution in [2.45, 2.75) is 176 Å². The largest absolute Gasteiger partial charge is 0.481 e. The van der Waals surface area contributed by atoms with Crippen LogP contribution < -0.4 is 0 Å². The molecule has 11 heteroatoms. The van der Waals surface area contributed by atoms with Gasteiger partial charge in [0.05, 0.1) is 30.1 Å². The lowest BCUT2D eigenvalue weighted by Crippen LogP contribution is -2.61. The fourth-order valence-corrected chi connectivity index (χ4v) is 11.9. The second-order valence-corrected chi connectivity index (χ2v) is 18.7. The predicted octanol–water partition coefficient (Wildman–Crippen LogP) is 6.26. The Hall–Kier alpha value is -2.50. The van der Waals surface area contributed by atoms with E-state index >= 15 is 0 Å². The molecule has 0 amide bonds. The van der Waals surface area contributed by atoms with E-state index in [4.69, 9.17) is 18.9 Å². The molecule has 1 aliphatic heterocycles. The minimum atomic E-state index is -1.79. The van der Waals surface area contributed by atoms with Crippen molar-refractivity contribution in [3.05, 3.63) is 11.1 Å². The lowest BCUT2D eigenvalue weighted by Gasteiger charge is -2.63. The molecular weight excluding hydrogens is 656 g/mol. The summed E-state index contributed by atoms with van der Waals surface area (Å²) in [7, 11) is 0. The molecule has 0 aromatic heterocycles. The van der Waals surface area contributed by atoms with Crippen LogP contribution in [0.2, 0.25) is 0 Å². The molecule has 5 rings (SSSR count). The van der Waals surface area contributed by atoms with Crippen LogP contribution in [0.1, 0.15) is 140 Å². The number of hydrogen-bond donors (Lipinski definition) is 3. The number of esters is 3. The average Bonchev–Trinajstić information content (AvgIpc) is 3.24. The number of ether oxygens (including phenoxy) is 4. The van der Waals surface area contributed by atoms with E-state index in [0.29, 0.717) is 12.8 Å². The highest BCUT2D eigenvalue weighted by molar-refractivity contribution is 5.74. The Morgan fingerprint density at radius 2 is 1.47 bits per heavy atom. The topological polar surface area (TPSA) is 166 Å². The number of rotatable bonds is 9. The van der Waals surface area contributed by atoms with Crippen LogP contribution in [0.5, 0.6) is 0 Å². The number of carboxylic acids is 1. The SMILES string of the molecule is CC(=O)OC1OC(C(C)(C)O)CCC1C1CC[C@@]2(C)C3=C(CC[C@]12C)[C@@]1(C)CC(OC(=O)CC(C)(O)CC(=O)O)C(OC(C)=O)C(C)(C)C1CC3. The van der Waals surface area contributed by atoms with Crippen molar-refractivity contribution in [1.29, 1.82) is 0 Å². The fraction of sp³-hybridized carbons (Fsp3) is 0.850. The van der Waals surface area contributed by atoms with E-state index in [0.717, 1.165) is 44.9 Å². The third-order valence-corrected chi connectivity index (χ3v) is 14.3. The van der Waals surface area contributed by atoms with Gasteiger partial charge in [-0.1, -0.05) is 45.8 Å². The number of allylic oxidation sites excluding steroid dienone is 2. The predicted molar refractivity (Wildman–Crippen MR) is 187 cm³/mol. The van der Waals surface area contributed by atoms with E-state index in [-0.39, 0.29) is 40.0 Å². The number of hydrogen-bond acceptors (Lipinski definition) is 10. The molecule has 5 aliphatic rings. The Bertz CT molecular complexity index is 1440. The number of aliphatic carboxylic acids is 1. The first kappa shape index (κ1) is 39.7. The van der Waals surface area contributed by atoms with E-state index in [1.807, 2.05) is 0 Å². The average molecular weight is 719 g/mol. The molecule has 2 saturated carbocycles. The number of aliphatic hydroxyl groups is 2. The summed E-state index contributed by atoms with van der Waals surface area (Å²) < 4.78 is 24.2. The second kappa shape index (κ2) is 13.4. The highest BCUT2D eigenvalue weighted by atomic mass is 16.7. The normalized spacial score (nSPS) is 40.2. The number of carboxylic acid groups (broad SMARTS) is 1. The van der Waals surface area contributed by atoms with Crippen molar-refractivity contribution in [2.75, 3.05) is 0 Å². The van der Waals surface area contributed by atoms with Gasteiger partial charge in [0, 0.05) is 25.2 Å². The molecule has 3 N–H and O–H groups in total. The lowest BCUT2D eigenvalue weighted by molar-refractivity contribution is -0.258. The molecule has 0 bridgehead atoms. The summed E-state index contributed by atoms with van der Waals surface area (Å²) in [6.07, 6.45) is 3.77. The van der Waals surface area contributed by atoms with Crippen LogP contribution in [0.4, 0.5) is 0 Å². The summed E-state index contributed by atoms with van der Waals surface area (Å²) in [5, 5.41) is 30.6. The van der Waals surface area contributed by atoms with Crippen molar-refractivity contribution >= 4 is 23.9 Å². The van der Waals surface area contributed by atoms with Crippen LogP contribution in [0.15, 0.2) is 11.1 Å². The first-order valence-corrected chi connectivity index (χ1v) is 18.9. The quantitative estimate of drug-likeness (QED) is 0.140. The molecule has 0 radical (unpaired) electrons. The van der Waals surface area contributed by atoms with E-state index in [9.17, 15) is 34.5 Å². The van der Waals surface area contributed by atoms with Gasteiger partial charge in [-0.05, 0) is 107 Å². The van der Waals surface area contributed by atoms with E-state index in [1.54, 1.807) is 13.8 Å². The molecule has 11 nitrogen and oxygen atoms in total. The third kappa shape index (κ3) is 7.12. The van der Waals surface area contributed by atoms with Crippen molar-refractivity contribution in [2.24, 2.45) is 39.4 Å². The van der Waals surface area contributed by atoms with Crippen molar-refractivity contribution < 1.29 is 53.4 Å². The van der Waals surface area contributed by atoms with Crippen LogP contribution in [-0.2, 0) is 38.1 Å².